The summed E-state index contributed by atoms with van der Waals surface area (Å²) in [5.41, 5.74) is 0.680. The van der Waals surface area contributed by atoms with Crippen LogP contribution in [-0.4, -0.2) is 38.6 Å². The van der Waals surface area contributed by atoms with Gasteiger partial charge in [0.1, 0.15) is 0 Å². The molecule has 1 aliphatic carbocycles. The number of hydrogen-bond donors (Lipinski definition) is 0. The lowest BCUT2D eigenvalue weighted by atomic mass is 9.93. The maximum absolute atomic E-state index is 12.0. The van der Waals surface area contributed by atoms with E-state index in [0.29, 0.717) is 5.92 Å². The molecule has 0 heterocycles. The molecular weight excluding hydrogens is 250 g/mol. The second-order valence-corrected chi connectivity index (χ2v) is 4.99. The lowest BCUT2D eigenvalue weighted by Gasteiger charge is -2.17. The van der Waals surface area contributed by atoms with Crippen LogP contribution in [-0.2, 0) is 14.9 Å². The van der Waals surface area contributed by atoms with E-state index in [4.69, 9.17) is 4.74 Å². The lowest BCUT2D eigenvalue weighted by Crippen LogP contribution is -2.28. The highest BCUT2D eigenvalue weighted by Gasteiger charge is 2.61. The maximum atomic E-state index is 12.0. The molecular formula is C14H20ClNO2. The van der Waals surface area contributed by atoms with E-state index < -0.39 is 5.41 Å². The Kier molecular flexibility index (Phi) is 4.77. The summed E-state index contributed by atoms with van der Waals surface area (Å²) in [6, 6.07) is 9.97. The van der Waals surface area contributed by atoms with Gasteiger partial charge in [-0.3, -0.25) is 4.79 Å². The first kappa shape index (κ1) is 15.0. The van der Waals surface area contributed by atoms with E-state index in [0.717, 1.165) is 18.5 Å². The van der Waals surface area contributed by atoms with Crippen LogP contribution < -0.4 is 0 Å². The molecule has 3 nitrogen and oxygen atoms in total. The molecule has 2 atom stereocenters. The van der Waals surface area contributed by atoms with Crippen molar-refractivity contribution in [1.82, 2.24) is 4.90 Å². The Morgan fingerprint density at radius 3 is 2.50 bits per heavy atom. The van der Waals surface area contributed by atoms with Crippen molar-refractivity contribution in [2.75, 3.05) is 27.7 Å². The predicted octanol–water partition coefficient (Wildman–Crippen LogP) is 2.10. The van der Waals surface area contributed by atoms with Gasteiger partial charge in [-0.15, -0.1) is 12.4 Å². The monoisotopic (exact) mass is 269 g/mol. The normalized spacial score (nSPS) is 25.4. The van der Waals surface area contributed by atoms with Gasteiger partial charge in [-0.25, -0.2) is 0 Å². The smallest absolute Gasteiger partial charge is 0.316 e. The number of nitrogens with zero attached hydrogens (tertiary/aromatic N) is 1. The van der Waals surface area contributed by atoms with Gasteiger partial charge >= 0.3 is 5.97 Å². The highest BCUT2D eigenvalue weighted by molar-refractivity contribution is 5.87. The molecule has 1 saturated carbocycles. The Hall–Kier alpha value is -1.06. The summed E-state index contributed by atoms with van der Waals surface area (Å²) in [7, 11) is 5.54. The van der Waals surface area contributed by atoms with Crippen LogP contribution in [0.4, 0.5) is 0 Å². The van der Waals surface area contributed by atoms with Gasteiger partial charge in [-0.2, -0.15) is 0 Å². The van der Waals surface area contributed by atoms with Crippen LogP contribution in [0, 0.1) is 5.92 Å². The fourth-order valence-electron chi connectivity index (χ4n) is 2.63. The molecule has 0 aliphatic heterocycles. The summed E-state index contributed by atoms with van der Waals surface area (Å²) >= 11 is 0. The fraction of sp³-hybridized carbons (Fsp3) is 0.500. The average Bonchev–Trinajstić information content (AvgIpc) is 3.03. The van der Waals surface area contributed by atoms with Crippen molar-refractivity contribution in [3.05, 3.63) is 35.9 Å². The van der Waals surface area contributed by atoms with Crippen molar-refractivity contribution in [1.29, 1.82) is 0 Å². The number of esters is 1. The molecule has 0 saturated heterocycles. The zero-order valence-corrected chi connectivity index (χ0v) is 11.9. The predicted molar refractivity (Wildman–Crippen MR) is 74.0 cm³/mol. The molecule has 0 amide bonds. The first-order valence-electron chi connectivity index (χ1n) is 5.90. The second-order valence-electron chi connectivity index (χ2n) is 4.99. The number of halogens is 1. The van der Waals surface area contributed by atoms with Gasteiger partial charge in [0.25, 0.3) is 0 Å². The zero-order valence-electron chi connectivity index (χ0n) is 11.1. The van der Waals surface area contributed by atoms with Gasteiger partial charge < -0.3 is 9.64 Å². The molecule has 18 heavy (non-hydrogen) atoms. The van der Waals surface area contributed by atoms with Gasteiger partial charge in [0.15, 0.2) is 0 Å². The summed E-state index contributed by atoms with van der Waals surface area (Å²) in [6.45, 7) is 0.921. The summed E-state index contributed by atoms with van der Waals surface area (Å²) in [5.74, 6) is 0.267. The molecule has 1 aromatic rings. The van der Waals surface area contributed by atoms with Crippen LogP contribution in [0.3, 0.4) is 0 Å². The molecule has 2 rings (SSSR count). The fourth-order valence-corrected chi connectivity index (χ4v) is 2.63. The van der Waals surface area contributed by atoms with Crippen molar-refractivity contribution in [2.24, 2.45) is 5.92 Å². The molecule has 4 heteroatoms. The minimum atomic E-state index is -0.402. The van der Waals surface area contributed by atoms with E-state index in [1.54, 1.807) is 0 Å². The van der Waals surface area contributed by atoms with E-state index in [9.17, 15) is 4.79 Å². The third-order valence-electron chi connectivity index (χ3n) is 3.53. The number of benzene rings is 1. The Balaban J connectivity index is 0.00000162. The molecule has 0 spiro atoms. The molecule has 1 fully saturated rings. The van der Waals surface area contributed by atoms with Crippen molar-refractivity contribution in [3.8, 4) is 0 Å². The van der Waals surface area contributed by atoms with Crippen molar-refractivity contribution >= 4 is 18.4 Å². The van der Waals surface area contributed by atoms with E-state index in [-0.39, 0.29) is 18.4 Å². The Morgan fingerprint density at radius 1 is 1.39 bits per heavy atom. The second kappa shape index (κ2) is 5.72. The number of carbonyl (C=O) groups excluding carboxylic acids is 1. The summed E-state index contributed by atoms with van der Waals surface area (Å²) in [6.07, 6.45) is 0.891. The Bertz CT molecular complexity index is 408. The quantitative estimate of drug-likeness (QED) is 0.784. The minimum Gasteiger partial charge on any atom is -0.468 e. The van der Waals surface area contributed by atoms with Gasteiger partial charge in [0.05, 0.1) is 12.5 Å². The zero-order chi connectivity index (χ0) is 12.5. The van der Waals surface area contributed by atoms with E-state index >= 15 is 0 Å². The summed E-state index contributed by atoms with van der Waals surface area (Å²) in [4.78, 5) is 14.2. The van der Waals surface area contributed by atoms with Gasteiger partial charge in [0, 0.05) is 6.54 Å². The van der Waals surface area contributed by atoms with Crippen molar-refractivity contribution < 1.29 is 9.53 Å². The van der Waals surface area contributed by atoms with Gasteiger partial charge in [-0.05, 0) is 32.0 Å². The molecule has 1 aliphatic rings. The highest BCUT2D eigenvalue weighted by atomic mass is 35.5. The Labute approximate surface area is 115 Å². The minimum absolute atomic E-state index is 0. The van der Waals surface area contributed by atoms with Crippen LogP contribution in [0.2, 0.25) is 0 Å². The van der Waals surface area contributed by atoms with E-state index in [1.807, 2.05) is 44.4 Å². The van der Waals surface area contributed by atoms with Crippen molar-refractivity contribution in [2.45, 2.75) is 11.8 Å². The summed E-state index contributed by atoms with van der Waals surface area (Å²) < 4.78 is 4.99. The first-order chi connectivity index (χ1) is 8.11. The number of carbonyl (C=O) groups is 1. The average molecular weight is 270 g/mol. The number of ether oxygens (including phenoxy) is 1. The standard InChI is InChI=1S/C14H19NO2.ClH/c1-15(2)10-12-9-14(12,13(16)17-3)11-7-5-4-6-8-11;/h4-8,12H,9-10H2,1-3H3;1H/t12?,14-;/m1./s1. The lowest BCUT2D eigenvalue weighted by molar-refractivity contribution is -0.144. The topological polar surface area (TPSA) is 29.5 Å². The Morgan fingerprint density at radius 2 is 2.00 bits per heavy atom. The molecule has 1 unspecified atom stereocenters. The van der Waals surface area contributed by atoms with Crippen LogP contribution in [0.25, 0.3) is 0 Å². The van der Waals surface area contributed by atoms with Crippen LogP contribution in [0.15, 0.2) is 30.3 Å². The number of methoxy groups -OCH3 is 1. The largest absolute Gasteiger partial charge is 0.468 e. The third-order valence-corrected chi connectivity index (χ3v) is 3.53. The number of rotatable bonds is 4. The van der Waals surface area contributed by atoms with Crippen molar-refractivity contribution in [3.63, 3.8) is 0 Å². The van der Waals surface area contributed by atoms with Gasteiger partial charge in [0.2, 0.25) is 0 Å². The molecule has 100 valence electrons. The SMILES string of the molecule is COC(=O)[C@@]1(c2ccccc2)CC1CN(C)C.Cl. The maximum Gasteiger partial charge on any atom is 0.316 e. The third kappa shape index (κ3) is 2.52. The number of hydrogen-bond acceptors (Lipinski definition) is 3. The van der Waals surface area contributed by atoms with Crippen LogP contribution >= 0.6 is 12.4 Å². The summed E-state index contributed by atoms with van der Waals surface area (Å²) in [5, 5.41) is 0. The highest BCUT2D eigenvalue weighted by Crippen LogP contribution is 2.55. The van der Waals surface area contributed by atoms with E-state index in [1.165, 1.54) is 7.11 Å². The van der Waals surface area contributed by atoms with Crippen LogP contribution in [0.1, 0.15) is 12.0 Å². The molecule has 0 aromatic heterocycles. The van der Waals surface area contributed by atoms with E-state index in [2.05, 4.69) is 4.90 Å². The molecule has 1 aromatic carbocycles. The van der Waals surface area contributed by atoms with Gasteiger partial charge in [-0.1, -0.05) is 30.3 Å². The molecule has 0 N–H and O–H groups in total. The van der Waals surface area contributed by atoms with Crippen LogP contribution in [0.5, 0.6) is 0 Å². The molecule has 0 bridgehead atoms. The molecule has 0 radical (unpaired) electrons. The first-order valence-corrected chi connectivity index (χ1v) is 5.90.